The lowest BCUT2D eigenvalue weighted by molar-refractivity contribution is 0.356. The first-order valence-electron chi connectivity index (χ1n) is 5.75. The molecule has 1 N–H and O–H groups in total. The molecule has 0 spiro atoms. The second-order valence-electron chi connectivity index (χ2n) is 4.37. The summed E-state index contributed by atoms with van der Waals surface area (Å²) >= 11 is 0. The molecular formula is C15H11NO. The summed E-state index contributed by atoms with van der Waals surface area (Å²) in [4.78, 5) is 0. The van der Waals surface area contributed by atoms with Gasteiger partial charge in [-0.1, -0.05) is 18.2 Å². The van der Waals surface area contributed by atoms with Crippen LogP contribution in [0.1, 0.15) is 5.56 Å². The number of rotatable bonds is 0. The van der Waals surface area contributed by atoms with Crippen molar-refractivity contribution in [2.75, 3.05) is 5.32 Å². The molecule has 1 atom stereocenters. The Morgan fingerprint density at radius 3 is 3.12 bits per heavy atom. The lowest BCUT2D eigenvalue weighted by Gasteiger charge is -2.20. The summed E-state index contributed by atoms with van der Waals surface area (Å²) in [6, 6.07) is 8.65. The highest BCUT2D eigenvalue weighted by Crippen LogP contribution is 2.40. The van der Waals surface area contributed by atoms with Crippen molar-refractivity contribution < 1.29 is 4.74 Å². The number of hydrogen-bond acceptors (Lipinski definition) is 2. The van der Waals surface area contributed by atoms with E-state index in [2.05, 4.69) is 47.8 Å². The van der Waals surface area contributed by atoms with Gasteiger partial charge in [0, 0.05) is 16.8 Å². The number of benzene rings is 1. The number of fused-ring (bicyclic) bond motifs is 4. The summed E-state index contributed by atoms with van der Waals surface area (Å²) < 4.78 is 5.52. The third-order valence-electron chi connectivity index (χ3n) is 3.35. The second-order valence-corrected chi connectivity index (χ2v) is 4.37. The Kier molecular flexibility index (Phi) is 1.64. The minimum Gasteiger partial charge on any atom is -0.465 e. The number of para-hydroxylation sites is 1. The predicted molar refractivity (Wildman–Crippen MR) is 68.2 cm³/mol. The van der Waals surface area contributed by atoms with Crippen LogP contribution in [0.5, 0.6) is 0 Å². The molecule has 1 aromatic rings. The monoisotopic (exact) mass is 221 g/mol. The summed E-state index contributed by atoms with van der Waals surface area (Å²) in [5.41, 5.74) is 4.97. The SMILES string of the molecule is C1=COC2=CC3Nc4ccccc4C3=CC2=C1. The van der Waals surface area contributed by atoms with Crippen LogP contribution in [0.2, 0.25) is 0 Å². The molecule has 3 aliphatic rings. The van der Waals surface area contributed by atoms with Crippen molar-refractivity contribution in [2.24, 2.45) is 0 Å². The van der Waals surface area contributed by atoms with E-state index in [1.165, 1.54) is 16.8 Å². The van der Waals surface area contributed by atoms with E-state index in [-0.39, 0.29) is 6.04 Å². The number of nitrogens with one attached hydrogen (secondary N) is 1. The zero-order valence-electron chi connectivity index (χ0n) is 9.18. The fourth-order valence-electron chi connectivity index (χ4n) is 2.55. The summed E-state index contributed by atoms with van der Waals surface area (Å²) in [5.74, 6) is 0.946. The summed E-state index contributed by atoms with van der Waals surface area (Å²) in [5, 5.41) is 3.49. The molecular weight excluding hydrogens is 210 g/mol. The van der Waals surface area contributed by atoms with Crippen molar-refractivity contribution in [3.05, 3.63) is 71.7 Å². The molecule has 1 unspecified atom stereocenters. The van der Waals surface area contributed by atoms with Gasteiger partial charge in [0.15, 0.2) is 0 Å². The maximum Gasteiger partial charge on any atom is 0.132 e. The third-order valence-corrected chi connectivity index (χ3v) is 3.35. The molecule has 82 valence electrons. The van der Waals surface area contributed by atoms with Gasteiger partial charge in [0.1, 0.15) is 5.76 Å². The zero-order chi connectivity index (χ0) is 11.2. The van der Waals surface area contributed by atoms with Crippen LogP contribution in [0.25, 0.3) is 5.57 Å². The maximum atomic E-state index is 5.52. The first-order valence-corrected chi connectivity index (χ1v) is 5.75. The molecule has 0 fully saturated rings. The van der Waals surface area contributed by atoms with E-state index in [1.54, 1.807) is 6.26 Å². The Morgan fingerprint density at radius 1 is 1.18 bits per heavy atom. The smallest absolute Gasteiger partial charge is 0.132 e. The van der Waals surface area contributed by atoms with Gasteiger partial charge in [0.25, 0.3) is 0 Å². The molecule has 2 heteroatoms. The molecule has 0 aromatic heterocycles. The van der Waals surface area contributed by atoms with Crippen LogP contribution in [0.4, 0.5) is 5.69 Å². The molecule has 4 rings (SSSR count). The van der Waals surface area contributed by atoms with Crippen LogP contribution in [-0.2, 0) is 4.74 Å². The van der Waals surface area contributed by atoms with Crippen molar-refractivity contribution in [1.29, 1.82) is 0 Å². The number of hydrogen-bond donors (Lipinski definition) is 1. The van der Waals surface area contributed by atoms with E-state index in [0.717, 1.165) is 11.3 Å². The van der Waals surface area contributed by atoms with Crippen molar-refractivity contribution >= 4 is 11.3 Å². The lowest BCUT2D eigenvalue weighted by atomic mass is 9.93. The largest absolute Gasteiger partial charge is 0.465 e. The van der Waals surface area contributed by atoms with Crippen molar-refractivity contribution in [2.45, 2.75) is 6.04 Å². The van der Waals surface area contributed by atoms with Crippen LogP contribution >= 0.6 is 0 Å². The lowest BCUT2D eigenvalue weighted by Crippen LogP contribution is -2.16. The van der Waals surface area contributed by atoms with Gasteiger partial charge in [0.2, 0.25) is 0 Å². The summed E-state index contributed by atoms with van der Waals surface area (Å²) in [6.07, 6.45) is 10.1. The van der Waals surface area contributed by atoms with Crippen LogP contribution in [0.15, 0.2) is 66.2 Å². The van der Waals surface area contributed by atoms with Crippen molar-refractivity contribution in [3.63, 3.8) is 0 Å². The minimum atomic E-state index is 0.242. The highest BCUT2D eigenvalue weighted by Gasteiger charge is 2.29. The molecule has 2 aliphatic heterocycles. The molecule has 0 radical (unpaired) electrons. The zero-order valence-corrected chi connectivity index (χ0v) is 9.18. The van der Waals surface area contributed by atoms with E-state index in [0.29, 0.717) is 0 Å². The topological polar surface area (TPSA) is 21.3 Å². The molecule has 0 saturated heterocycles. The summed E-state index contributed by atoms with van der Waals surface area (Å²) in [6.45, 7) is 0. The van der Waals surface area contributed by atoms with Crippen LogP contribution in [-0.4, -0.2) is 6.04 Å². The number of allylic oxidation sites excluding steroid dienone is 3. The van der Waals surface area contributed by atoms with Gasteiger partial charge in [-0.05, 0) is 35.9 Å². The molecule has 1 aliphatic carbocycles. The molecule has 0 amide bonds. The van der Waals surface area contributed by atoms with E-state index in [4.69, 9.17) is 4.74 Å². The summed E-state index contributed by atoms with van der Waals surface area (Å²) in [7, 11) is 0. The Bertz CT molecular complexity index is 620. The predicted octanol–water partition coefficient (Wildman–Crippen LogP) is 3.23. The van der Waals surface area contributed by atoms with E-state index in [1.807, 2.05) is 6.08 Å². The standard InChI is InChI=1S/C15H11NO/c1-2-6-13-11(5-1)12-8-10-4-3-7-17-15(10)9-14(12)16-13/h1-9,14,16H. The quantitative estimate of drug-likeness (QED) is 0.726. The third kappa shape index (κ3) is 1.21. The molecule has 2 heterocycles. The Hall–Kier alpha value is -2.22. The normalized spacial score (nSPS) is 23.3. The van der Waals surface area contributed by atoms with Gasteiger partial charge < -0.3 is 10.1 Å². The van der Waals surface area contributed by atoms with E-state index in [9.17, 15) is 0 Å². The fourth-order valence-corrected chi connectivity index (χ4v) is 2.55. The van der Waals surface area contributed by atoms with Gasteiger partial charge in [-0.2, -0.15) is 0 Å². The molecule has 1 aromatic carbocycles. The Balaban J connectivity index is 1.89. The van der Waals surface area contributed by atoms with Gasteiger partial charge in [0.05, 0.1) is 12.3 Å². The van der Waals surface area contributed by atoms with Crippen molar-refractivity contribution in [3.8, 4) is 0 Å². The van der Waals surface area contributed by atoms with Gasteiger partial charge in [-0.25, -0.2) is 0 Å². The Morgan fingerprint density at radius 2 is 2.12 bits per heavy atom. The second kappa shape index (κ2) is 3.14. The van der Waals surface area contributed by atoms with Crippen LogP contribution in [0, 0.1) is 0 Å². The van der Waals surface area contributed by atoms with E-state index >= 15 is 0 Å². The Labute approximate surface area is 99.6 Å². The molecule has 2 nitrogen and oxygen atoms in total. The minimum absolute atomic E-state index is 0.242. The first-order chi connectivity index (χ1) is 8.42. The average molecular weight is 221 g/mol. The van der Waals surface area contributed by atoms with Gasteiger partial charge >= 0.3 is 0 Å². The van der Waals surface area contributed by atoms with E-state index < -0.39 is 0 Å². The molecule has 17 heavy (non-hydrogen) atoms. The molecule has 0 bridgehead atoms. The van der Waals surface area contributed by atoms with Crippen molar-refractivity contribution in [1.82, 2.24) is 0 Å². The molecule has 0 saturated carbocycles. The number of anilines is 1. The van der Waals surface area contributed by atoms with Crippen LogP contribution in [0.3, 0.4) is 0 Å². The maximum absolute atomic E-state index is 5.52. The fraction of sp³-hybridized carbons (Fsp3) is 0.0667. The van der Waals surface area contributed by atoms with Gasteiger partial charge in [-0.15, -0.1) is 0 Å². The van der Waals surface area contributed by atoms with Crippen LogP contribution < -0.4 is 5.32 Å². The first kappa shape index (κ1) is 8.88. The average Bonchev–Trinajstić information content (AvgIpc) is 2.73. The highest BCUT2D eigenvalue weighted by atomic mass is 16.5. The highest BCUT2D eigenvalue weighted by molar-refractivity contribution is 5.91. The number of ether oxygens (including phenoxy) is 1. The van der Waals surface area contributed by atoms with Gasteiger partial charge in [-0.3, -0.25) is 0 Å².